The van der Waals surface area contributed by atoms with Crippen LogP contribution in [0, 0.1) is 13.8 Å². The van der Waals surface area contributed by atoms with Crippen molar-refractivity contribution in [2.45, 2.75) is 20.8 Å². The summed E-state index contributed by atoms with van der Waals surface area (Å²) in [4.78, 5) is 11.9. The molecule has 0 bridgehead atoms. The highest BCUT2D eigenvalue weighted by molar-refractivity contribution is 6.31. The van der Waals surface area contributed by atoms with E-state index in [1.165, 1.54) is 0 Å². The maximum Gasteiger partial charge on any atom is 0.251 e. The molecule has 0 radical (unpaired) electrons. The maximum absolute atomic E-state index is 11.9. The van der Waals surface area contributed by atoms with E-state index in [4.69, 9.17) is 17.3 Å². The summed E-state index contributed by atoms with van der Waals surface area (Å²) in [6.45, 7) is 6.14. The number of carbonyl (C=O) groups excluding carboxylic acids is 1. The summed E-state index contributed by atoms with van der Waals surface area (Å²) in [5.74, 6) is -0.138. The van der Waals surface area contributed by atoms with Crippen molar-refractivity contribution in [2.75, 3.05) is 12.3 Å². The summed E-state index contributed by atoms with van der Waals surface area (Å²) in [6.07, 6.45) is 0. The van der Waals surface area contributed by atoms with Gasteiger partial charge in [-0.25, -0.2) is 4.68 Å². The minimum Gasteiger partial charge on any atom is -0.397 e. The van der Waals surface area contributed by atoms with Crippen LogP contribution in [-0.2, 0) is 0 Å². The van der Waals surface area contributed by atoms with E-state index in [1.54, 1.807) is 22.9 Å². The first-order chi connectivity index (χ1) is 9.45. The molecule has 0 unspecified atom stereocenters. The van der Waals surface area contributed by atoms with Crippen LogP contribution in [0.2, 0.25) is 5.02 Å². The molecule has 1 heterocycles. The zero-order valence-corrected chi connectivity index (χ0v) is 12.5. The first-order valence-electron chi connectivity index (χ1n) is 6.35. The molecule has 20 heavy (non-hydrogen) atoms. The summed E-state index contributed by atoms with van der Waals surface area (Å²) in [6, 6.07) is 5.11. The molecule has 1 aromatic carbocycles. The molecule has 2 aromatic rings. The van der Waals surface area contributed by atoms with Crippen molar-refractivity contribution in [3.63, 3.8) is 0 Å². The fraction of sp³-hybridized carbons (Fsp3) is 0.286. The molecular formula is C14H17ClN4O. The Labute approximate surface area is 122 Å². The molecule has 5 nitrogen and oxygen atoms in total. The van der Waals surface area contributed by atoms with E-state index in [2.05, 4.69) is 10.4 Å². The van der Waals surface area contributed by atoms with Crippen molar-refractivity contribution in [3.05, 3.63) is 40.2 Å². The Balaban J connectivity index is 2.53. The van der Waals surface area contributed by atoms with Crippen LogP contribution < -0.4 is 11.1 Å². The van der Waals surface area contributed by atoms with Crippen LogP contribution in [0.3, 0.4) is 0 Å². The Morgan fingerprint density at radius 2 is 2.15 bits per heavy atom. The summed E-state index contributed by atoms with van der Waals surface area (Å²) in [5, 5.41) is 7.72. The summed E-state index contributed by atoms with van der Waals surface area (Å²) >= 11 is 6.15. The van der Waals surface area contributed by atoms with E-state index < -0.39 is 0 Å². The number of halogens is 1. The molecule has 0 spiro atoms. The number of amides is 1. The Bertz CT molecular complexity index is 663. The molecule has 0 aliphatic rings. The number of rotatable bonds is 3. The summed E-state index contributed by atoms with van der Waals surface area (Å²) in [5.41, 5.74) is 9.25. The van der Waals surface area contributed by atoms with Crippen LogP contribution in [0.25, 0.3) is 5.69 Å². The van der Waals surface area contributed by atoms with Crippen molar-refractivity contribution in [1.82, 2.24) is 15.1 Å². The monoisotopic (exact) mass is 292 g/mol. The second-order valence-electron chi connectivity index (χ2n) is 4.53. The summed E-state index contributed by atoms with van der Waals surface area (Å²) in [7, 11) is 0. The first kappa shape index (κ1) is 14.4. The van der Waals surface area contributed by atoms with Gasteiger partial charge in [-0.3, -0.25) is 4.79 Å². The minimum atomic E-state index is -0.138. The molecule has 1 amide bonds. The van der Waals surface area contributed by atoms with Crippen LogP contribution in [0.1, 0.15) is 28.7 Å². The number of carbonyl (C=O) groups is 1. The molecule has 0 atom stereocenters. The van der Waals surface area contributed by atoms with Crippen LogP contribution in [0.15, 0.2) is 18.2 Å². The minimum absolute atomic E-state index is 0.138. The zero-order chi connectivity index (χ0) is 14.9. The van der Waals surface area contributed by atoms with Crippen LogP contribution in [0.4, 0.5) is 5.69 Å². The number of nitrogens with zero attached hydrogens (tertiary/aromatic N) is 2. The lowest BCUT2D eigenvalue weighted by Crippen LogP contribution is -2.23. The highest BCUT2D eigenvalue weighted by Crippen LogP contribution is 2.26. The van der Waals surface area contributed by atoms with Gasteiger partial charge in [0.1, 0.15) is 0 Å². The molecule has 6 heteroatoms. The smallest absolute Gasteiger partial charge is 0.251 e. The number of nitrogens with one attached hydrogen (secondary N) is 1. The number of aryl methyl sites for hydroxylation is 1. The number of anilines is 1. The standard InChI is InChI=1S/C14H17ClN4O/c1-4-17-14(20)10-5-6-11(16)12(7-10)19-9(3)13(15)8(2)18-19/h5-7H,4,16H2,1-3H3,(H,17,20). The Morgan fingerprint density at radius 3 is 2.70 bits per heavy atom. The van der Waals surface area contributed by atoms with E-state index in [-0.39, 0.29) is 5.91 Å². The molecule has 0 fully saturated rings. The van der Waals surface area contributed by atoms with Crippen molar-refractivity contribution >= 4 is 23.2 Å². The number of aromatic nitrogens is 2. The van der Waals surface area contributed by atoms with Crippen molar-refractivity contribution in [2.24, 2.45) is 0 Å². The number of nitrogen functional groups attached to an aromatic ring is 1. The topological polar surface area (TPSA) is 72.9 Å². The van der Waals surface area contributed by atoms with Gasteiger partial charge in [-0.2, -0.15) is 5.10 Å². The van der Waals surface area contributed by atoms with Crippen molar-refractivity contribution in [1.29, 1.82) is 0 Å². The van der Waals surface area contributed by atoms with E-state index >= 15 is 0 Å². The number of nitrogens with two attached hydrogens (primary N) is 1. The third kappa shape index (κ3) is 2.49. The second kappa shape index (κ2) is 5.54. The first-order valence-corrected chi connectivity index (χ1v) is 6.73. The molecule has 2 rings (SSSR count). The molecule has 1 aromatic heterocycles. The molecule has 0 aliphatic carbocycles. The van der Waals surface area contributed by atoms with Crippen LogP contribution in [0.5, 0.6) is 0 Å². The molecule has 3 N–H and O–H groups in total. The number of hydrogen-bond donors (Lipinski definition) is 2. The Morgan fingerprint density at radius 1 is 1.45 bits per heavy atom. The van der Waals surface area contributed by atoms with Gasteiger partial charge in [0.25, 0.3) is 5.91 Å². The fourth-order valence-electron chi connectivity index (χ4n) is 1.99. The molecule has 106 valence electrons. The van der Waals surface area contributed by atoms with Crippen molar-refractivity contribution in [3.8, 4) is 5.69 Å². The van der Waals surface area contributed by atoms with Gasteiger partial charge in [-0.15, -0.1) is 0 Å². The van der Waals surface area contributed by atoms with E-state index in [0.717, 1.165) is 11.4 Å². The lowest BCUT2D eigenvalue weighted by Gasteiger charge is -2.10. The van der Waals surface area contributed by atoms with Crippen LogP contribution in [-0.4, -0.2) is 22.2 Å². The highest BCUT2D eigenvalue weighted by atomic mass is 35.5. The van der Waals surface area contributed by atoms with Gasteiger partial charge in [-0.1, -0.05) is 11.6 Å². The van der Waals surface area contributed by atoms with Gasteiger partial charge in [0.2, 0.25) is 0 Å². The van der Waals surface area contributed by atoms with E-state index in [1.807, 2.05) is 20.8 Å². The average Bonchev–Trinajstić information content (AvgIpc) is 2.67. The van der Waals surface area contributed by atoms with Gasteiger partial charge in [-0.05, 0) is 39.0 Å². The number of hydrogen-bond acceptors (Lipinski definition) is 3. The largest absolute Gasteiger partial charge is 0.397 e. The zero-order valence-electron chi connectivity index (χ0n) is 11.7. The van der Waals surface area contributed by atoms with E-state index in [9.17, 15) is 4.79 Å². The summed E-state index contributed by atoms with van der Waals surface area (Å²) < 4.78 is 1.66. The van der Waals surface area contributed by atoms with Gasteiger partial charge >= 0.3 is 0 Å². The highest BCUT2D eigenvalue weighted by Gasteiger charge is 2.14. The SMILES string of the molecule is CCNC(=O)c1ccc(N)c(-n2nc(C)c(Cl)c2C)c1. The third-order valence-corrected chi connectivity index (χ3v) is 3.61. The van der Waals surface area contributed by atoms with Gasteiger partial charge < -0.3 is 11.1 Å². The van der Waals surface area contributed by atoms with Crippen LogP contribution >= 0.6 is 11.6 Å². The fourth-order valence-corrected chi connectivity index (χ4v) is 2.11. The normalized spacial score (nSPS) is 10.6. The lowest BCUT2D eigenvalue weighted by atomic mass is 10.1. The molecular weight excluding hydrogens is 276 g/mol. The van der Waals surface area contributed by atoms with E-state index in [0.29, 0.717) is 28.5 Å². The predicted molar refractivity (Wildman–Crippen MR) is 80.5 cm³/mol. The Hall–Kier alpha value is -2.01. The molecule has 0 saturated heterocycles. The maximum atomic E-state index is 11.9. The van der Waals surface area contributed by atoms with Gasteiger partial charge in [0.15, 0.2) is 0 Å². The second-order valence-corrected chi connectivity index (χ2v) is 4.91. The van der Waals surface area contributed by atoms with Gasteiger partial charge in [0.05, 0.1) is 27.8 Å². The molecule has 0 saturated carbocycles. The average molecular weight is 293 g/mol. The lowest BCUT2D eigenvalue weighted by molar-refractivity contribution is 0.0956. The van der Waals surface area contributed by atoms with Crippen molar-refractivity contribution < 1.29 is 4.79 Å². The third-order valence-electron chi connectivity index (χ3n) is 3.06. The molecule has 0 aliphatic heterocycles. The number of benzene rings is 1. The predicted octanol–water partition coefficient (Wildman–Crippen LogP) is 2.47. The Kier molecular flexibility index (Phi) is 3.99. The van der Waals surface area contributed by atoms with Gasteiger partial charge in [0, 0.05) is 12.1 Å². The quantitative estimate of drug-likeness (QED) is 0.854.